The number of aliphatic hydroxyl groups excluding tert-OH is 1. The number of hydrogen-bond acceptors (Lipinski definition) is 2. The van der Waals surface area contributed by atoms with Gasteiger partial charge in [-0.1, -0.05) is 60.2 Å². The summed E-state index contributed by atoms with van der Waals surface area (Å²) in [6, 6.07) is 16.6. The minimum atomic E-state index is -0.738. The van der Waals surface area contributed by atoms with Crippen LogP contribution in [-0.2, 0) is 0 Å². The number of rotatable bonds is 4. The van der Waals surface area contributed by atoms with Crippen molar-refractivity contribution in [2.45, 2.75) is 19.4 Å². The number of carbonyl (C=O) groups excluding carboxylic acids is 1. The van der Waals surface area contributed by atoms with Crippen LogP contribution in [0, 0.1) is 6.92 Å². The topological polar surface area (TPSA) is 37.3 Å². The van der Waals surface area contributed by atoms with E-state index in [-0.39, 0.29) is 12.2 Å². The molecule has 0 aromatic heterocycles. The fourth-order valence-corrected chi connectivity index (χ4v) is 1.82. The Hall–Kier alpha value is -1.93. The summed E-state index contributed by atoms with van der Waals surface area (Å²) in [5.74, 6) is -0.0383. The highest BCUT2D eigenvalue weighted by atomic mass is 16.3. The van der Waals surface area contributed by atoms with Gasteiger partial charge < -0.3 is 5.11 Å². The van der Waals surface area contributed by atoms with Crippen LogP contribution in [0.1, 0.15) is 34.0 Å². The monoisotopic (exact) mass is 240 g/mol. The number of Topliss-reactive ketones (excluding diaryl/α,β-unsaturated/α-hetero) is 1. The summed E-state index contributed by atoms with van der Waals surface area (Å²) in [5.41, 5.74) is 2.56. The van der Waals surface area contributed by atoms with Crippen LogP contribution in [0.4, 0.5) is 0 Å². The maximum Gasteiger partial charge on any atom is 0.165 e. The predicted molar refractivity (Wildman–Crippen MR) is 71.5 cm³/mol. The van der Waals surface area contributed by atoms with Crippen molar-refractivity contribution in [2.24, 2.45) is 0 Å². The van der Waals surface area contributed by atoms with Crippen molar-refractivity contribution in [3.63, 3.8) is 0 Å². The molecular formula is C16H16O2. The Balaban J connectivity index is 2.06. The molecule has 0 aliphatic rings. The van der Waals surface area contributed by atoms with Gasteiger partial charge in [0.05, 0.1) is 6.10 Å². The first-order valence-electron chi connectivity index (χ1n) is 5.99. The SMILES string of the molecule is Cc1ccc([C@@H](O)CC(=O)c2ccccc2)cc1. The molecule has 2 aromatic carbocycles. The molecular weight excluding hydrogens is 224 g/mol. The zero-order valence-corrected chi connectivity index (χ0v) is 10.3. The molecule has 2 nitrogen and oxygen atoms in total. The van der Waals surface area contributed by atoms with Gasteiger partial charge in [0.2, 0.25) is 0 Å². The molecule has 2 heteroatoms. The smallest absolute Gasteiger partial charge is 0.165 e. The molecule has 2 aromatic rings. The molecule has 0 aliphatic carbocycles. The summed E-state index contributed by atoms with van der Waals surface area (Å²) >= 11 is 0. The van der Waals surface area contributed by atoms with Gasteiger partial charge in [0.25, 0.3) is 0 Å². The number of aliphatic hydroxyl groups is 1. The molecule has 0 amide bonds. The standard InChI is InChI=1S/C16H16O2/c1-12-7-9-14(10-8-12)16(18)11-15(17)13-5-3-2-4-6-13/h2-10,16,18H,11H2,1H3/t16-/m0/s1. The van der Waals surface area contributed by atoms with Crippen LogP contribution < -0.4 is 0 Å². The largest absolute Gasteiger partial charge is 0.388 e. The average Bonchev–Trinajstić information content (AvgIpc) is 2.40. The lowest BCUT2D eigenvalue weighted by Crippen LogP contribution is -2.07. The second kappa shape index (κ2) is 5.61. The van der Waals surface area contributed by atoms with Crippen molar-refractivity contribution < 1.29 is 9.90 Å². The lowest BCUT2D eigenvalue weighted by atomic mass is 9.99. The van der Waals surface area contributed by atoms with E-state index >= 15 is 0 Å². The molecule has 92 valence electrons. The van der Waals surface area contributed by atoms with Gasteiger partial charge in [0, 0.05) is 12.0 Å². The third-order valence-electron chi connectivity index (χ3n) is 2.94. The van der Waals surface area contributed by atoms with Gasteiger partial charge in [0.1, 0.15) is 0 Å². The van der Waals surface area contributed by atoms with Crippen molar-refractivity contribution in [3.8, 4) is 0 Å². The van der Waals surface area contributed by atoms with Crippen LogP contribution >= 0.6 is 0 Å². The van der Waals surface area contributed by atoms with E-state index in [0.29, 0.717) is 5.56 Å². The summed E-state index contributed by atoms with van der Waals surface area (Å²) in [6.45, 7) is 1.99. The molecule has 18 heavy (non-hydrogen) atoms. The maximum atomic E-state index is 11.9. The fourth-order valence-electron chi connectivity index (χ4n) is 1.82. The number of aryl methyl sites for hydroxylation is 1. The first-order valence-corrected chi connectivity index (χ1v) is 5.99. The Labute approximate surface area is 107 Å². The van der Waals surface area contributed by atoms with Gasteiger partial charge in [-0.2, -0.15) is 0 Å². The summed E-state index contributed by atoms with van der Waals surface area (Å²) in [6.07, 6.45) is -0.620. The Bertz CT molecular complexity index is 515. The van der Waals surface area contributed by atoms with E-state index in [2.05, 4.69) is 0 Å². The lowest BCUT2D eigenvalue weighted by molar-refractivity contribution is 0.0880. The molecule has 0 saturated carbocycles. The van der Waals surface area contributed by atoms with E-state index < -0.39 is 6.10 Å². The predicted octanol–water partition coefficient (Wildman–Crippen LogP) is 3.30. The third kappa shape index (κ3) is 3.05. The molecule has 0 spiro atoms. The molecule has 0 aliphatic heterocycles. The van der Waals surface area contributed by atoms with Crippen molar-refractivity contribution >= 4 is 5.78 Å². The van der Waals surface area contributed by atoms with Crippen molar-refractivity contribution in [1.82, 2.24) is 0 Å². The van der Waals surface area contributed by atoms with E-state index in [4.69, 9.17) is 0 Å². The Morgan fingerprint density at radius 1 is 1.06 bits per heavy atom. The van der Waals surface area contributed by atoms with Crippen LogP contribution in [-0.4, -0.2) is 10.9 Å². The quantitative estimate of drug-likeness (QED) is 0.832. The maximum absolute atomic E-state index is 11.9. The Morgan fingerprint density at radius 3 is 2.28 bits per heavy atom. The Morgan fingerprint density at radius 2 is 1.67 bits per heavy atom. The molecule has 0 bridgehead atoms. The zero-order chi connectivity index (χ0) is 13.0. The van der Waals surface area contributed by atoms with E-state index in [1.807, 2.05) is 49.4 Å². The van der Waals surface area contributed by atoms with E-state index in [0.717, 1.165) is 11.1 Å². The molecule has 0 unspecified atom stereocenters. The van der Waals surface area contributed by atoms with Gasteiger partial charge in [-0.05, 0) is 12.5 Å². The molecule has 1 atom stereocenters. The van der Waals surface area contributed by atoms with Crippen LogP contribution in [0.3, 0.4) is 0 Å². The molecule has 0 saturated heterocycles. The van der Waals surface area contributed by atoms with Gasteiger partial charge in [-0.25, -0.2) is 0 Å². The number of benzene rings is 2. The van der Waals surface area contributed by atoms with Crippen LogP contribution in [0.25, 0.3) is 0 Å². The summed E-state index contributed by atoms with van der Waals surface area (Å²) in [7, 11) is 0. The molecule has 0 fully saturated rings. The van der Waals surface area contributed by atoms with Crippen LogP contribution in [0.15, 0.2) is 54.6 Å². The summed E-state index contributed by atoms with van der Waals surface area (Å²) in [5, 5.41) is 10.0. The lowest BCUT2D eigenvalue weighted by Gasteiger charge is -2.10. The highest BCUT2D eigenvalue weighted by molar-refractivity contribution is 5.96. The average molecular weight is 240 g/mol. The summed E-state index contributed by atoms with van der Waals surface area (Å²) < 4.78 is 0. The third-order valence-corrected chi connectivity index (χ3v) is 2.94. The van der Waals surface area contributed by atoms with Crippen molar-refractivity contribution in [3.05, 3.63) is 71.3 Å². The van der Waals surface area contributed by atoms with Gasteiger partial charge in [0.15, 0.2) is 5.78 Å². The van der Waals surface area contributed by atoms with Gasteiger partial charge in [-0.15, -0.1) is 0 Å². The van der Waals surface area contributed by atoms with E-state index in [1.54, 1.807) is 12.1 Å². The molecule has 1 N–H and O–H groups in total. The number of ketones is 1. The first-order chi connectivity index (χ1) is 8.66. The van der Waals surface area contributed by atoms with Gasteiger partial charge in [-0.3, -0.25) is 4.79 Å². The highest BCUT2D eigenvalue weighted by Crippen LogP contribution is 2.19. The second-order valence-electron chi connectivity index (χ2n) is 4.42. The molecule has 0 heterocycles. The van der Waals surface area contributed by atoms with E-state index in [9.17, 15) is 9.90 Å². The minimum absolute atomic E-state index is 0.0383. The summed E-state index contributed by atoms with van der Waals surface area (Å²) in [4.78, 5) is 11.9. The number of hydrogen-bond donors (Lipinski definition) is 1. The Kier molecular flexibility index (Phi) is 3.90. The fraction of sp³-hybridized carbons (Fsp3) is 0.188. The molecule has 2 rings (SSSR count). The zero-order valence-electron chi connectivity index (χ0n) is 10.3. The van der Waals surface area contributed by atoms with Crippen LogP contribution in [0.2, 0.25) is 0 Å². The molecule has 0 radical (unpaired) electrons. The number of carbonyl (C=O) groups is 1. The van der Waals surface area contributed by atoms with Crippen molar-refractivity contribution in [1.29, 1.82) is 0 Å². The normalized spacial score (nSPS) is 12.1. The first kappa shape index (κ1) is 12.5. The van der Waals surface area contributed by atoms with E-state index in [1.165, 1.54) is 0 Å². The van der Waals surface area contributed by atoms with Crippen LogP contribution in [0.5, 0.6) is 0 Å². The van der Waals surface area contributed by atoms with Crippen molar-refractivity contribution in [2.75, 3.05) is 0 Å². The second-order valence-corrected chi connectivity index (χ2v) is 4.42. The highest BCUT2D eigenvalue weighted by Gasteiger charge is 2.14. The van der Waals surface area contributed by atoms with Gasteiger partial charge >= 0.3 is 0 Å². The minimum Gasteiger partial charge on any atom is -0.388 e.